The summed E-state index contributed by atoms with van der Waals surface area (Å²) in [5.41, 5.74) is 5.43. The van der Waals surface area contributed by atoms with Crippen molar-refractivity contribution in [3.05, 3.63) is 0 Å². The van der Waals surface area contributed by atoms with Crippen LogP contribution in [0.15, 0.2) is 0 Å². The summed E-state index contributed by atoms with van der Waals surface area (Å²) in [6.45, 7) is 3.86. The number of nitrogens with one attached hydrogen (secondary N) is 1. The molecule has 0 radical (unpaired) electrons. The zero-order valence-corrected chi connectivity index (χ0v) is 7.20. The largest absolute Gasteiger partial charge is 0.320 e. The second-order valence-corrected chi connectivity index (χ2v) is 2.98. The molecule has 0 aliphatic rings. The quantitative estimate of drug-likeness (QED) is 0.592. The molecule has 0 aromatic rings. The van der Waals surface area contributed by atoms with Crippen molar-refractivity contribution in [2.45, 2.75) is 26.3 Å². The smallest absolute Gasteiger partial charge is 0.246 e. The Hall–Kier alpha value is -0.220. The van der Waals surface area contributed by atoms with Gasteiger partial charge in [-0.3, -0.25) is 9.52 Å². The number of nitrogens with two attached hydrogens (primary N) is 1. The Morgan fingerprint density at radius 1 is 1.70 bits per heavy atom. The van der Waals surface area contributed by atoms with Gasteiger partial charge in [0.05, 0.1) is 6.04 Å². The molecule has 4 heteroatoms. The van der Waals surface area contributed by atoms with Crippen molar-refractivity contribution in [2.24, 2.45) is 5.73 Å². The average molecular weight is 162 g/mol. The van der Waals surface area contributed by atoms with Gasteiger partial charge in [0.15, 0.2) is 0 Å². The highest BCUT2D eigenvalue weighted by Gasteiger charge is 2.08. The summed E-state index contributed by atoms with van der Waals surface area (Å²) in [4.78, 5) is 10.9. The van der Waals surface area contributed by atoms with Crippen molar-refractivity contribution in [1.82, 2.24) is 4.72 Å². The van der Waals surface area contributed by atoms with Crippen molar-refractivity contribution in [2.75, 3.05) is 5.75 Å². The Morgan fingerprint density at radius 3 is 2.70 bits per heavy atom. The Labute approximate surface area is 65.9 Å². The maximum Gasteiger partial charge on any atom is 0.246 e. The van der Waals surface area contributed by atoms with Crippen LogP contribution in [-0.4, -0.2) is 17.7 Å². The summed E-state index contributed by atoms with van der Waals surface area (Å²) in [6.07, 6.45) is 0.691. The van der Waals surface area contributed by atoms with Crippen molar-refractivity contribution in [1.29, 1.82) is 0 Å². The lowest BCUT2D eigenvalue weighted by molar-refractivity contribution is -0.120. The number of hydrogen-bond donors (Lipinski definition) is 2. The molecular weight excluding hydrogens is 148 g/mol. The summed E-state index contributed by atoms with van der Waals surface area (Å²) >= 11 is 1.38. The highest BCUT2D eigenvalue weighted by molar-refractivity contribution is 7.97. The van der Waals surface area contributed by atoms with Crippen LogP contribution in [0.1, 0.15) is 20.3 Å². The third-order valence-electron chi connectivity index (χ3n) is 1.09. The number of amides is 1. The van der Waals surface area contributed by atoms with Crippen LogP contribution in [0, 0.1) is 0 Å². The van der Waals surface area contributed by atoms with Gasteiger partial charge in [0, 0.05) is 5.75 Å². The van der Waals surface area contributed by atoms with E-state index in [4.69, 9.17) is 5.73 Å². The van der Waals surface area contributed by atoms with E-state index in [1.807, 2.05) is 13.8 Å². The van der Waals surface area contributed by atoms with Gasteiger partial charge >= 0.3 is 0 Å². The first kappa shape index (κ1) is 9.78. The van der Waals surface area contributed by atoms with Crippen molar-refractivity contribution < 1.29 is 4.79 Å². The third-order valence-corrected chi connectivity index (χ3v) is 1.73. The molecule has 0 rings (SSSR count). The minimum absolute atomic E-state index is 0.0747. The van der Waals surface area contributed by atoms with Crippen LogP contribution in [0.3, 0.4) is 0 Å². The van der Waals surface area contributed by atoms with Crippen LogP contribution in [0.2, 0.25) is 0 Å². The topological polar surface area (TPSA) is 55.1 Å². The van der Waals surface area contributed by atoms with Gasteiger partial charge < -0.3 is 5.73 Å². The predicted molar refractivity (Wildman–Crippen MR) is 44.5 cm³/mol. The van der Waals surface area contributed by atoms with E-state index in [1.165, 1.54) is 11.9 Å². The van der Waals surface area contributed by atoms with Crippen LogP contribution in [0.25, 0.3) is 0 Å². The molecule has 1 unspecified atom stereocenters. The molecule has 0 bridgehead atoms. The van der Waals surface area contributed by atoms with E-state index >= 15 is 0 Å². The fourth-order valence-electron chi connectivity index (χ4n) is 0.404. The normalized spacial score (nSPS) is 12.7. The maximum atomic E-state index is 10.9. The number of hydrogen-bond acceptors (Lipinski definition) is 3. The first-order valence-electron chi connectivity index (χ1n) is 3.39. The minimum Gasteiger partial charge on any atom is -0.320 e. The van der Waals surface area contributed by atoms with Gasteiger partial charge in [-0.1, -0.05) is 25.8 Å². The number of rotatable bonds is 4. The summed E-state index contributed by atoms with van der Waals surface area (Å²) in [7, 11) is 0. The summed E-state index contributed by atoms with van der Waals surface area (Å²) < 4.78 is 2.64. The molecule has 10 heavy (non-hydrogen) atoms. The molecule has 0 aliphatic heterocycles. The molecule has 1 atom stereocenters. The van der Waals surface area contributed by atoms with E-state index in [9.17, 15) is 4.79 Å². The zero-order valence-electron chi connectivity index (χ0n) is 6.39. The van der Waals surface area contributed by atoms with Crippen molar-refractivity contribution >= 4 is 17.9 Å². The van der Waals surface area contributed by atoms with E-state index in [0.29, 0.717) is 6.42 Å². The third kappa shape index (κ3) is 3.74. The Kier molecular flexibility index (Phi) is 5.43. The standard InChI is InChI=1S/C6H14N2OS/c1-3-5(7)6(9)8-10-4-2/h5H,3-4,7H2,1-2H3,(H,8,9). The molecule has 0 heterocycles. The lowest BCUT2D eigenvalue weighted by Crippen LogP contribution is -2.36. The summed E-state index contributed by atoms with van der Waals surface area (Å²) in [6, 6.07) is -0.348. The van der Waals surface area contributed by atoms with Crippen LogP contribution in [-0.2, 0) is 4.79 Å². The van der Waals surface area contributed by atoms with Crippen LogP contribution in [0.5, 0.6) is 0 Å². The molecule has 0 aromatic carbocycles. The molecule has 0 spiro atoms. The zero-order chi connectivity index (χ0) is 7.98. The predicted octanol–water partition coefficient (Wildman–Crippen LogP) is 0.508. The first-order chi connectivity index (χ1) is 4.72. The Morgan fingerprint density at radius 2 is 2.30 bits per heavy atom. The number of carbonyl (C=O) groups excluding carboxylic acids is 1. The summed E-state index contributed by atoms with van der Waals surface area (Å²) in [5, 5.41) is 0. The maximum absolute atomic E-state index is 10.9. The highest BCUT2D eigenvalue weighted by Crippen LogP contribution is 1.93. The van der Waals surface area contributed by atoms with Gasteiger partial charge in [0.2, 0.25) is 5.91 Å². The lowest BCUT2D eigenvalue weighted by Gasteiger charge is -2.07. The molecule has 0 aliphatic carbocycles. The van der Waals surface area contributed by atoms with E-state index in [-0.39, 0.29) is 11.9 Å². The Bertz CT molecular complexity index is 108. The van der Waals surface area contributed by atoms with Crippen molar-refractivity contribution in [3.8, 4) is 0 Å². The van der Waals surface area contributed by atoms with Crippen LogP contribution in [0.4, 0.5) is 0 Å². The van der Waals surface area contributed by atoms with Gasteiger partial charge in [-0.25, -0.2) is 0 Å². The fourth-order valence-corrected chi connectivity index (χ4v) is 0.842. The van der Waals surface area contributed by atoms with Gasteiger partial charge in [-0.05, 0) is 6.42 Å². The van der Waals surface area contributed by atoms with Crippen LogP contribution >= 0.6 is 11.9 Å². The molecular formula is C6H14N2OS. The van der Waals surface area contributed by atoms with E-state index in [2.05, 4.69) is 4.72 Å². The fraction of sp³-hybridized carbons (Fsp3) is 0.833. The summed E-state index contributed by atoms with van der Waals surface area (Å²) in [5.74, 6) is 0.802. The van der Waals surface area contributed by atoms with E-state index < -0.39 is 0 Å². The van der Waals surface area contributed by atoms with Crippen LogP contribution < -0.4 is 10.5 Å². The minimum atomic E-state index is -0.348. The molecule has 3 nitrogen and oxygen atoms in total. The molecule has 0 fully saturated rings. The molecule has 60 valence electrons. The van der Waals surface area contributed by atoms with Crippen molar-refractivity contribution in [3.63, 3.8) is 0 Å². The second kappa shape index (κ2) is 5.56. The monoisotopic (exact) mass is 162 g/mol. The molecule has 0 saturated heterocycles. The SMILES string of the molecule is CCSNC(=O)C(N)CC. The van der Waals surface area contributed by atoms with Gasteiger partial charge in [0.25, 0.3) is 0 Å². The molecule has 3 N–H and O–H groups in total. The second-order valence-electron chi connectivity index (χ2n) is 1.91. The van der Waals surface area contributed by atoms with E-state index in [0.717, 1.165) is 5.75 Å². The average Bonchev–Trinajstić information content (AvgIpc) is 1.98. The van der Waals surface area contributed by atoms with Gasteiger partial charge in [0.1, 0.15) is 0 Å². The van der Waals surface area contributed by atoms with Gasteiger partial charge in [-0.2, -0.15) is 0 Å². The lowest BCUT2D eigenvalue weighted by atomic mass is 10.2. The molecule has 1 amide bonds. The number of carbonyl (C=O) groups is 1. The van der Waals surface area contributed by atoms with E-state index in [1.54, 1.807) is 0 Å². The molecule has 0 aromatic heterocycles. The van der Waals surface area contributed by atoms with Gasteiger partial charge in [-0.15, -0.1) is 0 Å². The first-order valence-corrected chi connectivity index (χ1v) is 4.38. The highest BCUT2D eigenvalue weighted by atomic mass is 32.2. The Balaban J connectivity index is 3.42. The molecule has 0 saturated carbocycles.